The normalized spacial score (nSPS) is 12.3. The van der Waals surface area contributed by atoms with Gasteiger partial charge in [-0.25, -0.2) is 13.8 Å². The van der Waals surface area contributed by atoms with E-state index in [1.54, 1.807) is 18.2 Å². The Bertz CT molecular complexity index is 736. The number of esters is 1. The van der Waals surface area contributed by atoms with Crippen molar-refractivity contribution in [3.8, 4) is 0 Å². The van der Waals surface area contributed by atoms with Crippen molar-refractivity contribution in [3.63, 3.8) is 0 Å². The van der Waals surface area contributed by atoms with Crippen molar-refractivity contribution < 1.29 is 13.9 Å². The van der Waals surface area contributed by atoms with Crippen molar-refractivity contribution in [2.24, 2.45) is 0 Å². The highest BCUT2D eigenvalue weighted by atomic mass is 32.1. The van der Waals surface area contributed by atoms with Gasteiger partial charge in [0.25, 0.3) is 11.9 Å². The number of fused-ring (bicyclic) bond motifs is 1. The zero-order chi connectivity index (χ0) is 14.0. The fourth-order valence-corrected chi connectivity index (χ4v) is 2.47. The second-order valence-corrected chi connectivity index (χ2v) is 4.62. The van der Waals surface area contributed by atoms with Crippen molar-refractivity contribution in [2.75, 3.05) is 6.61 Å². The van der Waals surface area contributed by atoms with Crippen molar-refractivity contribution in [1.29, 1.82) is 0 Å². The van der Waals surface area contributed by atoms with E-state index < -0.39 is 22.7 Å². The molecule has 0 spiro atoms. The van der Waals surface area contributed by atoms with Crippen LogP contribution in [0.15, 0.2) is 33.9 Å². The largest absolute Gasteiger partial charge is 0.462 e. The van der Waals surface area contributed by atoms with Crippen molar-refractivity contribution in [2.45, 2.75) is 13.2 Å². The Labute approximate surface area is 110 Å². The highest BCUT2D eigenvalue weighted by molar-refractivity contribution is 7.16. The van der Waals surface area contributed by atoms with Crippen LogP contribution in [0.3, 0.4) is 0 Å². The SMILES string of the molecule is CCOC(=O)C(F)n1c(=O)sc2ccccc2c1=O. The standard InChI is InChI=1S/C12H10FNO4S/c1-2-18-11(16)9(13)14-10(15)7-5-3-4-6-8(7)19-12(14)17/h3-6,9H,2H2,1H3. The van der Waals surface area contributed by atoms with Crippen LogP contribution in [0.4, 0.5) is 4.39 Å². The molecule has 0 N–H and O–H groups in total. The van der Waals surface area contributed by atoms with Crippen LogP contribution in [0.1, 0.15) is 13.2 Å². The van der Waals surface area contributed by atoms with Gasteiger partial charge >= 0.3 is 10.8 Å². The van der Waals surface area contributed by atoms with Gasteiger partial charge < -0.3 is 4.74 Å². The topological polar surface area (TPSA) is 65.4 Å². The molecule has 0 saturated heterocycles. The van der Waals surface area contributed by atoms with Gasteiger partial charge in [-0.1, -0.05) is 23.5 Å². The summed E-state index contributed by atoms with van der Waals surface area (Å²) in [5.41, 5.74) is -0.833. The van der Waals surface area contributed by atoms with Gasteiger partial charge in [0.1, 0.15) is 0 Å². The molecule has 0 aliphatic heterocycles. The number of hydrogen-bond donors (Lipinski definition) is 0. The molecule has 0 bridgehead atoms. The molecule has 0 aliphatic rings. The van der Waals surface area contributed by atoms with Crippen LogP contribution in [0.5, 0.6) is 0 Å². The lowest BCUT2D eigenvalue weighted by atomic mass is 10.3. The van der Waals surface area contributed by atoms with Gasteiger partial charge in [0.2, 0.25) is 0 Å². The lowest BCUT2D eigenvalue weighted by molar-refractivity contribution is -0.153. The number of ether oxygens (including phenoxy) is 1. The first-order chi connectivity index (χ1) is 9.06. The van der Waals surface area contributed by atoms with E-state index in [4.69, 9.17) is 0 Å². The summed E-state index contributed by atoms with van der Waals surface area (Å²) < 4.78 is 19.1. The smallest absolute Gasteiger partial charge is 0.362 e. The maximum absolute atomic E-state index is 13.9. The molecule has 2 aromatic rings. The molecule has 2 rings (SSSR count). The van der Waals surface area contributed by atoms with Crippen LogP contribution in [0, 0.1) is 0 Å². The first kappa shape index (κ1) is 13.4. The number of nitrogens with zero attached hydrogens (tertiary/aromatic N) is 1. The summed E-state index contributed by atoms with van der Waals surface area (Å²) in [5.74, 6) is -1.25. The highest BCUT2D eigenvalue weighted by Crippen LogP contribution is 2.14. The van der Waals surface area contributed by atoms with Crippen LogP contribution in [0.25, 0.3) is 10.1 Å². The Morgan fingerprint density at radius 2 is 2.11 bits per heavy atom. The second kappa shape index (κ2) is 5.31. The van der Waals surface area contributed by atoms with Crippen molar-refractivity contribution in [3.05, 3.63) is 44.3 Å². The third kappa shape index (κ3) is 2.41. The molecule has 0 amide bonds. The van der Waals surface area contributed by atoms with Gasteiger partial charge in [-0.15, -0.1) is 0 Å². The predicted molar refractivity (Wildman–Crippen MR) is 69.1 cm³/mol. The number of hydrogen-bond acceptors (Lipinski definition) is 5. The quantitative estimate of drug-likeness (QED) is 0.800. The summed E-state index contributed by atoms with van der Waals surface area (Å²) in [6.07, 6.45) is -2.42. The number of rotatable bonds is 3. The number of carbonyl (C=O) groups excluding carboxylic acids is 1. The first-order valence-corrected chi connectivity index (χ1v) is 6.33. The average Bonchev–Trinajstić information content (AvgIpc) is 2.38. The van der Waals surface area contributed by atoms with E-state index in [2.05, 4.69) is 4.74 Å². The molecule has 0 saturated carbocycles. The fourth-order valence-electron chi connectivity index (χ4n) is 1.60. The average molecular weight is 283 g/mol. The lowest BCUT2D eigenvalue weighted by Crippen LogP contribution is -2.36. The molecular weight excluding hydrogens is 273 g/mol. The van der Waals surface area contributed by atoms with Crippen LogP contribution in [-0.4, -0.2) is 17.1 Å². The van der Waals surface area contributed by atoms with Crippen LogP contribution in [0.2, 0.25) is 0 Å². The molecule has 1 atom stereocenters. The molecule has 19 heavy (non-hydrogen) atoms. The summed E-state index contributed by atoms with van der Waals surface area (Å²) in [4.78, 5) is 34.2. The van der Waals surface area contributed by atoms with Gasteiger partial charge in [-0.2, -0.15) is 0 Å². The number of carbonyl (C=O) groups is 1. The first-order valence-electron chi connectivity index (χ1n) is 5.51. The minimum absolute atomic E-state index is 0.0286. The van der Waals surface area contributed by atoms with E-state index in [0.29, 0.717) is 16.0 Å². The fraction of sp³-hybridized carbons (Fsp3) is 0.250. The van der Waals surface area contributed by atoms with E-state index in [1.807, 2.05) is 0 Å². The Morgan fingerprint density at radius 1 is 1.42 bits per heavy atom. The third-order valence-corrected chi connectivity index (χ3v) is 3.39. The Morgan fingerprint density at radius 3 is 2.79 bits per heavy atom. The highest BCUT2D eigenvalue weighted by Gasteiger charge is 2.25. The maximum Gasteiger partial charge on any atom is 0.362 e. The van der Waals surface area contributed by atoms with Crippen LogP contribution in [-0.2, 0) is 9.53 Å². The molecule has 0 aliphatic carbocycles. The minimum atomic E-state index is -2.42. The Balaban J connectivity index is 2.64. The van der Waals surface area contributed by atoms with E-state index in [1.165, 1.54) is 13.0 Å². The molecule has 1 aromatic carbocycles. The van der Waals surface area contributed by atoms with Gasteiger partial charge in [0, 0.05) is 4.70 Å². The summed E-state index contributed by atoms with van der Waals surface area (Å²) in [6.45, 7) is 1.48. The molecule has 100 valence electrons. The third-order valence-electron chi connectivity index (χ3n) is 2.44. The molecular formula is C12H10FNO4S. The number of alkyl halides is 1. The monoisotopic (exact) mass is 283 g/mol. The van der Waals surface area contributed by atoms with Crippen molar-refractivity contribution >= 4 is 27.4 Å². The van der Waals surface area contributed by atoms with E-state index in [-0.39, 0.29) is 16.6 Å². The predicted octanol–water partition coefficient (Wildman–Crippen LogP) is 1.45. The summed E-state index contributed by atoms with van der Waals surface area (Å²) in [6, 6.07) is 6.33. The molecule has 7 heteroatoms. The van der Waals surface area contributed by atoms with Crippen LogP contribution >= 0.6 is 11.3 Å². The molecule has 5 nitrogen and oxygen atoms in total. The van der Waals surface area contributed by atoms with Crippen LogP contribution < -0.4 is 10.4 Å². The number of benzene rings is 1. The van der Waals surface area contributed by atoms with E-state index in [9.17, 15) is 18.8 Å². The van der Waals surface area contributed by atoms with Gasteiger partial charge in [0.15, 0.2) is 0 Å². The number of aromatic nitrogens is 1. The molecule has 1 heterocycles. The summed E-state index contributed by atoms with van der Waals surface area (Å²) >= 11 is 0.706. The van der Waals surface area contributed by atoms with Gasteiger partial charge in [-0.3, -0.25) is 9.59 Å². The summed E-state index contributed by atoms with van der Waals surface area (Å²) in [5, 5.41) is 0.194. The Hall–Kier alpha value is -2.02. The molecule has 1 unspecified atom stereocenters. The zero-order valence-corrected chi connectivity index (χ0v) is 10.8. The van der Waals surface area contributed by atoms with E-state index >= 15 is 0 Å². The molecule has 1 aromatic heterocycles. The molecule has 0 radical (unpaired) electrons. The van der Waals surface area contributed by atoms with E-state index in [0.717, 1.165) is 0 Å². The zero-order valence-electron chi connectivity index (χ0n) is 9.96. The lowest BCUT2D eigenvalue weighted by Gasteiger charge is -2.09. The Kier molecular flexibility index (Phi) is 3.75. The maximum atomic E-state index is 13.9. The molecule has 0 fully saturated rings. The minimum Gasteiger partial charge on any atom is -0.462 e. The second-order valence-electron chi connectivity index (χ2n) is 3.63. The number of halogens is 1. The van der Waals surface area contributed by atoms with Crippen molar-refractivity contribution in [1.82, 2.24) is 4.57 Å². The van der Waals surface area contributed by atoms with Gasteiger partial charge in [-0.05, 0) is 19.1 Å². The van der Waals surface area contributed by atoms with Gasteiger partial charge in [0.05, 0.1) is 12.0 Å². The summed E-state index contributed by atoms with van der Waals surface area (Å²) in [7, 11) is 0.